The van der Waals surface area contributed by atoms with Gasteiger partial charge in [0.1, 0.15) is 0 Å². The monoisotopic (exact) mass is 401 g/mol. The van der Waals surface area contributed by atoms with Crippen LogP contribution in [0.1, 0.15) is 50.8 Å². The Labute approximate surface area is 179 Å². The van der Waals surface area contributed by atoms with Crippen LogP contribution in [0.2, 0.25) is 0 Å². The van der Waals surface area contributed by atoms with Crippen LogP contribution in [0.3, 0.4) is 0 Å². The molecule has 0 bridgehead atoms. The Balaban J connectivity index is 1.82. The molecule has 1 aromatic heterocycles. The number of ketones is 1. The second-order valence-corrected chi connectivity index (χ2v) is 8.89. The third kappa shape index (κ3) is 3.45. The molecule has 1 aromatic carbocycles. The number of benzene rings is 1. The minimum absolute atomic E-state index is 0.0687. The number of fused-ring (bicyclic) bond motifs is 3. The molecule has 4 nitrogen and oxygen atoms in total. The van der Waals surface area contributed by atoms with Crippen molar-refractivity contribution in [1.29, 1.82) is 0 Å². The van der Waals surface area contributed by atoms with Crippen molar-refractivity contribution in [3.8, 4) is 11.1 Å². The molecule has 4 rings (SSSR count). The maximum absolute atomic E-state index is 12.1. The van der Waals surface area contributed by atoms with Crippen molar-refractivity contribution in [3.05, 3.63) is 71.2 Å². The van der Waals surface area contributed by atoms with E-state index in [1.54, 1.807) is 6.92 Å². The first-order valence-corrected chi connectivity index (χ1v) is 10.9. The zero-order valence-electron chi connectivity index (χ0n) is 18.7. The first kappa shape index (κ1) is 20.4. The van der Waals surface area contributed by atoms with E-state index in [2.05, 4.69) is 68.7 Å². The topological polar surface area (TPSA) is 38.1 Å². The Morgan fingerprint density at radius 3 is 2.73 bits per heavy atom. The van der Waals surface area contributed by atoms with Crippen molar-refractivity contribution in [2.45, 2.75) is 60.0 Å². The molecule has 0 N–H and O–H groups in total. The summed E-state index contributed by atoms with van der Waals surface area (Å²) < 4.78 is 2.02. The van der Waals surface area contributed by atoms with Gasteiger partial charge in [-0.3, -0.25) is 9.48 Å². The van der Waals surface area contributed by atoms with E-state index in [4.69, 9.17) is 0 Å². The number of rotatable bonds is 5. The summed E-state index contributed by atoms with van der Waals surface area (Å²) in [7, 11) is 0. The standard InChI is InChI=1S/C26H31N3O/c1-7-8-28-14-21(13-27-28)22-11-20-12-25(16(2)3)29-15-24(19(6)30)18(5)10-26(29)23(20)9-17(22)4/h9-11,13-16,25H,5,7-8,12H2,1-4,6H3. The van der Waals surface area contributed by atoms with E-state index in [0.29, 0.717) is 17.5 Å². The molecule has 3 heterocycles. The molecule has 156 valence electrons. The molecule has 4 heteroatoms. The van der Waals surface area contributed by atoms with Gasteiger partial charge in [0.15, 0.2) is 5.78 Å². The van der Waals surface area contributed by atoms with Gasteiger partial charge < -0.3 is 4.90 Å². The second-order valence-electron chi connectivity index (χ2n) is 8.89. The Bertz CT molecular complexity index is 1080. The number of nitrogens with zero attached hydrogens (tertiary/aromatic N) is 3. The van der Waals surface area contributed by atoms with Gasteiger partial charge in [-0.05, 0) is 67.0 Å². The lowest BCUT2D eigenvalue weighted by atomic mass is 9.81. The lowest BCUT2D eigenvalue weighted by molar-refractivity contribution is -0.113. The fraction of sp³-hybridized carbons (Fsp3) is 0.385. The van der Waals surface area contributed by atoms with E-state index in [1.807, 2.05) is 17.1 Å². The van der Waals surface area contributed by atoms with Gasteiger partial charge in [0, 0.05) is 47.4 Å². The van der Waals surface area contributed by atoms with E-state index < -0.39 is 0 Å². The van der Waals surface area contributed by atoms with E-state index >= 15 is 0 Å². The summed E-state index contributed by atoms with van der Waals surface area (Å²) in [6.45, 7) is 15.6. The molecule has 0 fully saturated rings. The van der Waals surface area contributed by atoms with E-state index in [1.165, 1.54) is 27.8 Å². The van der Waals surface area contributed by atoms with Gasteiger partial charge in [-0.25, -0.2) is 0 Å². The third-order valence-corrected chi connectivity index (χ3v) is 6.26. The Morgan fingerprint density at radius 2 is 2.07 bits per heavy atom. The number of hydrogen-bond acceptors (Lipinski definition) is 3. The highest BCUT2D eigenvalue weighted by molar-refractivity contribution is 6.00. The number of aryl methyl sites for hydroxylation is 2. The third-order valence-electron chi connectivity index (χ3n) is 6.26. The smallest absolute Gasteiger partial charge is 0.161 e. The van der Waals surface area contributed by atoms with Crippen LogP contribution in [0.4, 0.5) is 0 Å². The highest BCUT2D eigenvalue weighted by Gasteiger charge is 2.34. The van der Waals surface area contributed by atoms with Crippen LogP contribution in [0.25, 0.3) is 16.8 Å². The van der Waals surface area contributed by atoms with Crippen LogP contribution >= 0.6 is 0 Å². The molecule has 0 saturated heterocycles. The zero-order valence-corrected chi connectivity index (χ0v) is 18.7. The van der Waals surface area contributed by atoms with Crippen LogP contribution in [-0.2, 0) is 17.8 Å². The molecule has 0 radical (unpaired) electrons. The van der Waals surface area contributed by atoms with Crippen LogP contribution in [0, 0.1) is 12.8 Å². The van der Waals surface area contributed by atoms with E-state index in [-0.39, 0.29) is 5.78 Å². The summed E-state index contributed by atoms with van der Waals surface area (Å²) in [5, 5.41) is 4.52. The largest absolute Gasteiger partial charge is 0.343 e. The maximum Gasteiger partial charge on any atom is 0.161 e. The van der Waals surface area contributed by atoms with Crippen molar-refractivity contribution >= 4 is 11.5 Å². The van der Waals surface area contributed by atoms with Crippen LogP contribution in [0.15, 0.2) is 54.5 Å². The number of carbonyl (C=O) groups is 1. The molecule has 2 aliphatic heterocycles. The van der Waals surface area contributed by atoms with Gasteiger partial charge in [0.25, 0.3) is 0 Å². The highest BCUT2D eigenvalue weighted by Crippen LogP contribution is 2.42. The molecule has 30 heavy (non-hydrogen) atoms. The first-order valence-electron chi connectivity index (χ1n) is 10.9. The van der Waals surface area contributed by atoms with Gasteiger partial charge >= 0.3 is 0 Å². The predicted octanol–water partition coefficient (Wildman–Crippen LogP) is 5.53. The Kier molecular flexibility index (Phi) is 5.27. The van der Waals surface area contributed by atoms with E-state index in [0.717, 1.165) is 30.7 Å². The molecule has 0 saturated carbocycles. The zero-order chi connectivity index (χ0) is 21.6. The number of aromatic nitrogens is 2. The number of Topliss-reactive ketones (excluding diaryl/α,β-unsaturated/α-hetero) is 1. The number of allylic oxidation sites excluding steroid dienone is 3. The van der Waals surface area contributed by atoms with Crippen molar-refractivity contribution in [2.24, 2.45) is 5.92 Å². The van der Waals surface area contributed by atoms with Crippen molar-refractivity contribution in [3.63, 3.8) is 0 Å². The SMILES string of the molecule is C=C1C=C2c3cc(C)c(-c4cnn(CCC)c4)cc3CC(C(C)C)N2C=C1C(C)=O. The Morgan fingerprint density at radius 1 is 1.30 bits per heavy atom. The van der Waals surface area contributed by atoms with Gasteiger partial charge in [0.05, 0.1) is 6.20 Å². The second kappa shape index (κ2) is 7.75. The van der Waals surface area contributed by atoms with Gasteiger partial charge in [-0.15, -0.1) is 0 Å². The van der Waals surface area contributed by atoms with Gasteiger partial charge in [-0.1, -0.05) is 33.4 Å². The van der Waals surface area contributed by atoms with Crippen LogP contribution < -0.4 is 0 Å². The molecule has 1 unspecified atom stereocenters. The molecular formula is C26H31N3O. The summed E-state index contributed by atoms with van der Waals surface area (Å²) in [5.41, 5.74) is 8.93. The first-order chi connectivity index (χ1) is 14.3. The maximum atomic E-state index is 12.1. The molecule has 0 amide bonds. The summed E-state index contributed by atoms with van der Waals surface area (Å²) in [6.07, 6.45) is 10.3. The lowest BCUT2D eigenvalue weighted by Crippen LogP contribution is -2.41. The predicted molar refractivity (Wildman–Crippen MR) is 123 cm³/mol. The van der Waals surface area contributed by atoms with Crippen molar-refractivity contribution < 1.29 is 4.79 Å². The molecular weight excluding hydrogens is 370 g/mol. The minimum atomic E-state index is 0.0687. The van der Waals surface area contributed by atoms with Crippen molar-refractivity contribution in [1.82, 2.24) is 14.7 Å². The minimum Gasteiger partial charge on any atom is -0.343 e. The molecule has 0 aliphatic carbocycles. The fourth-order valence-corrected chi connectivity index (χ4v) is 4.62. The molecule has 2 aromatic rings. The quantitative estimate of drug-likeness (QED) is 0.661. The summed E-state index contributed by atoms with van der Waals surface area (Å²) in [4.78, 5) is 14.4. The molecule has 0 spiro atoms. The van der Waals surface area contributed by atoms with E-state index in [9.17, 15) is 4.79 Å². The lowest BCUT2D eigenvalue weighted by Gasteiger charge is -2.43. The molecule has 2 aliphatic rings. The normalized spacial score (nSPS) is 18.1. The van der Waals surface area contributed by atoms with Gasteiger partial charge in [-0.2, -0.15) is 5.10 Å². The summed E-state index contributed by atoms with van der Waals surface area (Å²) in [6, 6.07) is 4.94. The summed E-state index contributed by atoms with van der Waals surface area (Å²) >= 11 is 0. The molecule has 1 atom stereocenters. The van der Waals surface area contributed by atoms with Crippen molar-refractivity contribution in [2.75, 3.05) is 0 Å². The number of carbonyl (C=O) groups excluding carboxylic acids is 1. The fourth-order valence-electron chi connectivity index (χ4n) is 4.62. The highest BCUT2D eigenvalue weighted by atomic mass is 16.1. The average molecular weight is 402 g/mol. The Hall–Kier alpha value is -2.88. The van der Waals surface area contributed by atoms with Gasteiger partial charge in [0.2, 0.25) is 0 Å². The van der Waals surface area contributed by atoms with Crippen LogP contribution in [0.5, 0.6) is 0 Å². The average Bonchev–Trinajstić information content (AvgIpc) is 3.15. The summed E-state index contributed by atoms with van der Waals surface area (Å²) in [5.74, 6) is 0.522. The van der Waals surface area contributed by atoms with Crippen LogP contribution in [-0.4, -0.2) is 26.5 Å². The number of hydrogen-bond donors (Lipinski definition) is 0.